The van der Waals surface area contributed by atoms with Crippen molar-refractivity contribution >= 4 is 35.2 Å². The number of carboxylic acid groups (broad SMARTS) is 1. The Balaban J connectivity index is 2.03. The number of aromatic nitrogens is 1. The average molecular weight is 303 g/mol. The molecular formula is C15H11ClN2O3. The molecule has 0 aliphatic carbocycles. The van der Waals surface area contributed by atoms with E-state index in [1.54, 1.807) is 30.3 Å². The fourth-order valence-electron chi connectivity index (χ4n) is 1.55. The lowest BCUT2D eigenvalue weighted by Crippen LogP contribution is -2.09. The number of carbonyl (C=O) groups is 2. The molecule has 0 fully saturated rings. The van der Waals surface area contributed by atoms with Gasteiger partial charge in [-0.25, -0.2) is 4.79 Å². The number of pyridine rings is 1. The molecule has 0 saturated carbocycles. The summed E-state index contributed by atoms with van der Waals surface area (Å²) in [4.78, 5) is 26.3. The minimum Gasteiger partial charge on any atom is -0.478 e. The highest BCUT2D eigenvalue weighted by Crippen LogP contribution is 2.11. The lowest BCUT2D eigenvalue weighted by Gasteiger charge is -2.02. The number of aromatic carboxylic acids is 1. The number of benzene rings is 1. The zero-order chi connectivity index (χ0) is 15.2. The third-order valence-corrected chi connectivity index (χ3v) is 2.80. The molecule has 0 aliphatic rings. The van der Waals surface area contributed by atoms with Gasteiger partial charge in [-0.05, 0) is 29.8 Å². The molecule has 0 unspecified atom stereocenters. The van der Waals surface area contributed by atoms with Crippen molar-refractivity contribution in [2.24, 2.45) is 0 Å². The molecular weight excluding hydrogens is 292 g/mol. The quantitative estimate of drug-likeness (QED) is 0.851. The van der Waals surface area contributed by atoms with Crippen LogP contribution >= 0.6 is 11.6 Å². The Morgan fingerprint density at radius 1 is 1.19 bits per heavy atom. The molecule has 0 saturated heterocycles. The van der Waals surface area contributed by atoms with Crippen molar-refractivity contribution in [1.29, 1.82) is 0 Å². The van der Waals surface area contributed by atoms with Crippen LogP contribution in [-0.2, 0) is 4.79 Å². The van der Waals surface area contributed by atoms with Crippen molar-refractivity contribution in [2.75, 3.05) is 5.32 Å². The summed E-state index contributed by atoms with van der Waals surface area (Å²) in [6.07, 6.45) is 5.55. The van der Waals surface area contributed by atoms with Gasteiger partial charge in [-0.1, -0.05) is 23.7 Å². The van der Waals surface area contributed by atoms with Gasteiger partial charge < -0.3 is 10.4 Å². The molecule has 2 N–H and O–H groups in total. The molecule has 0 aliphatic heterocycles. The minimum absolute atomic E-state index is 0.00878. The average Bonchev–Trinajstić information content (AvgIpc) is 2.47. The predicted octanol–water partition coefficient (Wildman–Crippen LogP) is 3.09. The number of carbonyl (C=O) groups excluding carboxylic acids is 1. The Hall–Kier alpha value is -2.66. The van der Waals surface area contributed by atoms with Crippen molar-refractivity contribution in [3.8, 4) is 0 Å². The topological polar surface area (TPSA) is 79.3 Å². The van der Waals surface area contributed by atoms with Gasteiger partial charge in [0.05, 0.1) is 17.4 Å². The van der Waals surface area contributed by atoms with Crippen molar-refractivity contribution in [3.63, 3.8) is 0 Å². The summed E-state index contributed by atoms with van der Waals surface area (Å²) in [5.41, 5.74) is 1.15. The standard InChI is InChI=1S/C15H11ClN2O3/c16-12-4-1-10(2-5-12)3-6-14(19)18-13-7-11(15(20)21)8-17-9-13/h1-9H,(H,18,19)(H,20,21). The number of nitrogens with one attached hydrogen (secondary N) is 1. The second kappa shape index (κ2) is 6.67. The van der Waals surface area contributed by atoms with Crippen LogP contribution in [-0.4, -0.2) is 22.0 Å². The van der Waals surface area contributed by atoms with E-state index in [2.05, 4.69) is 10.3 Å². The number of anilines is 1. The van der Waals surface area contributed by atoms with E-state index in [9.17, 15) is 9.59 Å². The summed E-state index contributed by atoms with van der Waals surface area (Å²) in [6, 6.07) is 8.33. The van der Waals surface area contributed by atoms with Gasteiger partial charge in [0, 0.05) is 17.3 Å². The zero-order valence-corrected chi connectivity index (χ0v) is 11.5. The van der Waals surface area contributed by atoms with Crippen molar-refractivity contribution in [2.45, 2.75) is 0 Å². The van der Waals surface area contributed by atoms with E-state index in [-0.39, 0.29) is 11.5 Å². The number of carboxylic acids is 1. The summed E-state index contributed by atoms with van der Waals surface area (Å²) < 4.78 is 0. The van der Waals surface area contributed by atoms with Gasteiger partial charge in [0.25, 0.3) is 0 Å². The first-order chi connectivity index (χ1) is 10.0. The number of hydrogen-bond donors (Lipinski definition) is 2. The predicted molar refractivity (Wildman–Crippen MR) is 80.3 cm³/mol. The second-order valence-corrected chi connectivity index (χ2v) is 4.58. The summed E-state index contributed by atoms with van der Waals surface area (Å²) >= 11 is 5.76. The molecule has 2 rings (SSSR count). The van der Waals surface area contributed by atoms with E-state index in [4.69, 9.17) is 16.7 Å². The summed E-state index contributed by atoms with van der Waals surface area (Å²) in [5, 5.41) is 12.0. The Kier molecular flexibility index (Phi) is 4.68. The molecule has 0 bridgehead atoms. The molecule has 1 aromatic carbocycles. The monoisotopic (exact) mass is 302 g/mol. The van der Waals surface area contributed by atoms with Crippen LogP contribution in [0.1, 0.15) is 15.9 Å². The summed E-state index contributed by atoms with van der Waals surface area (Å²) in [5.74, 6) is -1.48. The number of amides is 1. The van der Waals surface area contributed by atoms with E-state index >= 15 is 0 Å². The van der Waals surface area contributed by atoms with Gasteiger partial charge in [0.15, 0.2) is 0 Å². The third kappa shape index (κ3) is 4.43. The van der Waals surface area contributed by atoms with Crippen LogP contribution in [0, 0.1) is 0 Å². The molecule has 1 amide bonds. The van der Waals surface area contributed by atoms with Crippen molar-refractivity contribution < 1.29 is 14.7 Å². The zero-order valence-electron chi connectivity index (χ0n) is 10.8. The van der Waals surface area contributed by atoms with Gasteiger partial charge in [-0.15, -0.1) is 0 Å². The van der Waals surface area contributed by atoms with Crippen LogP contribution in [0.4, 0.5) is 5.69 Å². The Morgan fingerprint density at radius 3 is 2.57 bits per heavy atom. The highest BCUT2D eigenvalue weighted by Gasteiger charge is 2.05. The Bertz CT molecular complexity index is 696. The molecule has 1 aromatic heterocycles. The van der Waals surface area contributed by atoms with E-state index in [0.29, 0.717) is 10.7 Å². The minimum atomic E-state index is -1.10. The fraction of sp³-hybridized carbons (Fsp3) is 0. The molecule has 5 nitrogen and oxygen atoms in total. The van der Waals surface area contributed by atoms with Gasteiger partial charge >= 0.3 is 5.97 Å². The maximum atomic E-state index is 11.7. The summed E-state index contributed by atoms with van der Waals surface area (Å²) in [6.45, 7) is 0. The Morgan fingerprint density at radius 2 is 1.90 bits per heavy atom. The molecule has 0 radical (unpaired) electrons. The molecule has 0 atom stereocenters. The van der Waals surface area contributed by atoms with Crippen LogP contribution in [0.2, 0.25) is 5.02 Å². The smallest absolute Gasteiger partial charge is 0.337 e. The number of hydrogen-bond acceptors (Lipinski definition) is 3. The second-order valence-electron chi connectivity index (χ2n) is 4.14. The largest absolute Gasteiger partial charge is 0.478 e. The van der Waals surface area contributed by atoms with Gasteiger partial charge in [-0.3, -0.25) is 9.78 Å². The SMILES string of the molecule is O=C(C=Cc1ccc(Cl)cc1)Nc1cncc(C(=O)O)c1. The maximum Gasteiger partial charge on any atom is 0.337 e. The lowest BCUT2D eigenvalue weighted by atomic mass is 10.2. The van der Waals surface area contributed by atoms with Crippen molar-refractivity contribution in [1.82, 2.24) is 4.98 Å². The van der Waals surface area contributed by atoms with Crippen LogP contribution in [0.25, 0.3) is 6.08 Å². The van der Waals surface area contributed by atoms with Gasteiger partial charge in [0.1, 0.15) is 0 Å². The van der Waals surface area contributed by atoms with E-state index in [0.717, 1.165) is 5.56 Å². The number of rotatable bonds is 4. The molecule has 21 heavy (non-hydrogen) atoms. The molecule has 0 spiro atoms. The lowest BCUT2D eigenvalue weighted by molar-refractivity contribution is -0.111. The van der Waals surface area contributed by atoms with Gasteiger partial charge in [0.2, 0.25) is 5.91 Å². The molecule has 2 aromatic rings. The normalized spacial score (nSPS) is 10.5. The maximum absolute atomic E-state index is 11.7. The molecule has 106 valence electrons. The first kappa shape index (κ1) is 14.7. The van der Waals surface area contributed by atoms with Crippen LogP contribution < -0.4 is 5.32 Å². The fourth-order valence-corrected chi connectivity index (χ4v) is 1.68. The Labute approximate surface area is 125 Å². The van der Waals surface area contributed by atoms with Crippen LogP contribution in [0.5, 0.6) is 0 Å². The van der Waals surface area contributed by atoms with Crippen LogP contribution in [0.15, 0.2) is 48.8 Å². The highest BCUT2D eigenvalue weighted by atomic mass is 35.5. The van der Waals surface area contributed by atoms with E-state index < -0.39 is 5.97 Å². The first-order valence-electron chi connectivity index (χ1n) is 5.97. The third-order valence-electron chi connectivity index (χ3n) is 2.55. The first-order valence-corrected chi connectivity index (χ1v) is 6.35. The van der Waals surface area contributed by atoms with Crippen molar-refractivity contribution in [3.05, 3.63) is 65.0 Å². The molecule has 1 heterocycles. The molecule has 6 heteroatoms. The van der Waals surface area contributed by atoms with Gasteiger partial charge in [-0.2, -0.15) is 0 Å². The number of nitrogens with zero attached hydrogens (tertiary/aromatic N) is 1. The number of halogens is 1. The van der Waals surface area contributed by atoms with E-state index in [1.807, 2.05) is 0 Å². The highest BCUT2D eigenvalue weighted by molar-refractivity contribution is 6.30. The van der Waals surface area contributed by atoms with E-state index in [1.165, 1.54) is 24.5 Å². The summed E-state index contributed by atoms with van der Waals surface area (Å²) in [7, 11) is 0. The van der Waals surface area contributed by atoms with Crippen LogP contribution in [0.3, 0.4) is 0 Å².